The molecule has 0 bridgehead atoms. The van der Waals surface area contributed by atoms with Crippen molar-refractivity contribution in [2.45, 2.75) is 39.3 Å². The fraction of sp³-hybridized carbons (Fsp3) is 0.583. The van der Waals surface area contributed by atoms with Gasteiger partial charge < -0.3 is 10.0 Å². The molecule has 0 radical (unpaired) electrons. The zero-order valence-electron chi connectivity index (χ0n) is 9.77. The van der Waals surface area contributed by atoms with Crippen LogP contribution in [0.5, 0.6) is 0 Å². The van der Waals surface area contributed by atoms with Crippen LogP contribution in [0, 0.1) is 0 Å². The minimum Gasteiger partial charge on any atom is -0.392 e. The summed E-state index contributed by atoms with van der Waals surface area (Å²) in [6.45, 7) is 4.44. The Morgan fingerprint density at radius 1 is 1.53 bits per heavy atom. The Hall–Kier alpha value is -1.09. The summed E-state index contributed by atoms with van der Waals surface area (Å²) in [5, 5.41) is 9.22. The van der Waals surface area contributed by atoms with Gasteiger partial charge in [0.05, 0.1) is 18.5 Å². The minimum absolute atomic E-state index is 0.0705. The first kappa shape index (κ1) is 12.0. The Balaban J connectivity index is 2.84. The van der Waals surface area contributed by atoms with Crippen molar-refractivity contribution < 1.29 is 5.11 Å². The molecule has 1 heterocycles. The molecule has 3 heteroatoms. The molecule has 0 aliphatic carbocycles. The summed E-state index contributed by atoms with van der Waals surface area (Å²) >= 11 is 0. The summed E-state index contributed by atoms with van der Waals surface area (Å²) in [5.41, 5.74) is 1.97. The van der Waals surface area contributed by atoms with Gasteiger partial charge in [-0.1, -0.05) is 13.3 Å². The van der Waals surface area contributed by atoms with Crippen molar-refractivity contribution in [3.8, 4) is 0 Å². The van der Waals surface area contributed by atoms with Gasteiger partial charge in [-0.2, -0.15) is 0 Å². The van der Waals surface area contributed by atoms with Gasteiger partial charge in [0.1, 0.15) is 0 Å². The Morgan fingerprint density at radius 3 is 2.87 bits per heavy atom. The van der Waals surface area contributed by atoms with E-state index in [0.717, 1.165) is 17.7 Å². The first-order valence-corrected chi connectivity index (χ1v) is 5.47. The molecule has 0 saturated carbocycles. The van der Waals surface area contributed by atoms with Gasteiger partial charge in [0.2, 0.25) is 0 Å². The Kier molecular flexibility index (Phi) is 4.56. The zero-order chi connectivity index (χ0) is 11.3. The van der Waals surface area contributed by atoms with Crippen molar-refractivity contribution in [2.24, 2.45) is 0 Å². The third-order valence-corrected chi connectivity index (χ3v) is 2.81. The molecule has 0 spiro atoms. The maximum atomic E-state index is 9.22. The van der Waals surface area contributed by atoms with E-state index in [0.29, 0.717) is 6.04 Å². The SMILES string of the molecule is CCCC(C)N(C)c1cnccc1CO. The maximum absolute atomic E-state index is 9.22. The largest absolute Gasteiger partial charge is 0.392 e. The first-order chi connectivity index (χ1) is 7.20. The third-order valence-electron chi connectivity index (χ3n) is 2.81. The summed E-state index contributed by atoms with van der Waals surface area (Å²) in [4.78, 5) is 6.29. The van der Waals surface area contributed by atoms with Gasteiger partial charge in [0, 0.05) is 24.8 Å². The van der Waals surface area contributed by atoms with Crippen LogP contribution in [0.2, 0.25) is 0 Å². The standard InChI is InChI=1S/C12H20N2O/c1-4-5-10(2)14(3)12-8-13-7-6-11(12)9-15/h6-8,10,15H,4-5,9H2,1-3H3. The highest BCUT2D eigenvalue weighted by atomic mass is 16.3. The van der Waals surface area contributed by atoms with E-state index in [4.69, 9.17) is 0 Å². The van der Waals surface area contributed by atoms with Crippen LogP contribution in [-0.4, -0.2) is 23.2 Å². The average molecular weight is 208 g/mol. The molecule has 1 unspecified atom stereocenters. The van der Waals surface area contributed by atoms with Crippen molar-refractivity contribution in [1.29, 1.82) is 0 Å². The van der Waals surface area contributed by atoms with E-state index in [1.165, 1.54) is 6.42 Å². The lowest BCUT2D eigenvalue weighted by molar-refractivity contribution is 0.282. The van der Waals surface area contributed by atoms with E-state index in [1.807, 2.05) is 12.3 Å². The molecule has 1 aromatic heterocycles. The number of anilines is 1. The zero-order valence-corrected chi connectivity index (χ0v) is 9.77. The van der Waals surface area contributed by atoms with Gasteiger partial charge in [0.25, 0.3) is 0 Å². The molecular formula is C12H20N2O. The van der Waals surface area contributed by atoms with Crippen LogP contribution in [0.1, 0.15) is 32.3 Å². The van der Waals surface area contributed by atoms with Crippen LogP contribution in [-0.2, 0) is 6.61 Å². The molecule has 0 fully saturated rings. The summed E-state index contributed by atoms with van der Waals surface area (Å²) < 4.78 is 0. The summed E-state index contributed by atoms with van der Waals surface area (Å²) in [7, 11) is 2.05. The summed E-state index contributed by atoms with van der Waals surface area (Å²) in [6, 6.07) is 2.34. The molecule has 15 heavy (non-hydrogen) atoms. The highest BCUT2D eigenvalue weighted by Gasteiger charge is 2.12. The highest BCUT2D eigenvalue weighted by Crippen LogP contribution is 2.21. The van der Waals surface area contributed by atoms with E-state index in [1.54, 1.807) is 6.20 Å². The predicted octanol–water partition coefficient (Wildman–Crippen LogP) is 2.20. The maximum Gasteiger partial charge on any atom is 0.0703 e. The third kappa shape index (κ3) is 2.93. The molecule has 84 valence electrons. The molecule has 1 aromatic rings. The van der Waals surface area contributed by atoms with E-state index < -0.39 is 0 Å². The number of aromatic nitrogens is 1. The number of rotatable bonds is 5. The fourth-order valence-corrected chi connectivity index (χ4v) is 1.72. The van der Waals surface area contributed by atoms with Crippen molar-refractivity contribution in [3.05, 3.63) is 24.0 Å². The second kappa shape index (κ2) is 5.71. The second-order valence-electron chi connectivity index (χ2n) is 3.91. The van der Waals surface area contributed by atoms with Gasteiger partial charge in [-0.3, -0.25) is 4.98 Å². The molecule has 0 saturated heterocycles. The van der Waals surface area contributed by atoms with Gasteiger partial charge in [-0.05, 0) is 19.4 Å². The lowest BCUT2D eigenvalue weighted by Crippen LogP contribution is -2.29. The van der Waals surface area contributed by atoms with Crippen LogP contribution in [0.3, 0.4) is 0 Å². The summed E-state index contributed by atoms with van der Waals surface area (Å²) in [5.74, 6) is 0. The Bertz CT molecular complexity index is 301. The van der Waals surface area contributed by atoms with Crippen LogP contribution in [0.4, 0.5) is 5.69 Å². The van der Waals surface area contributed by atoms with Gasteiger partial charge in [-0.15, -0.1) is 0 Å². The average Bonchev–Trinajstić information content (AvgIpc) is 2.28. The smallest absolute Gasteiger partial charge is 0.0703 e. The molecule has 0 amide bonds. The lowest BCUT2D eigenvalue weighted by atomic mass is 10.1. The predicted molar refractivity (Wildman–Crippen MR) is 62.9 cm³/mol. The monoisotopic (exact) mass is 208 g/mol. The van der Waals surface area contributed by atoms with E-state index in [-0.39, 0.29) is 6.61 Å². The fourth-order valence-electron chi connectivity index (χ4n) is 1.72. The van der Waals surface area contributed by atoms with Crippen molar-refractivity contribution in [2.75, 3.05) is 11.9 Å². The van der Waals surface area contributed by atoms with Gasteiger partial charge >= 0.3 is 0 Å². The van der Waals surface area contributed by atoms with E-state index >= 15 is 0 Å². The number of hydrogen-bond acceptors (Lipinski definition) is 3. The van der Waals surface area contributed by atoms with E-state index in [2.05, 4.69) is 30.8 Å². The van der Waals surface area contributed by atoms with Crippen LogP contribution in [0.15, 0.2) is 18.5 Å². The Labute approximate surface area is 91.8 Å². The molecule has 0 aromatic carbocycles. The lowest BCUT2D eigenvalue weighted by Gasteiger charge is -2.28. The van der Waals surface area contributed by atoms with Crippen molar-refractivity contribution in [3.63, 3.8) is 0 Å². The molecular weight excluding hydrogens is 188 g/mol. The normalized spacial score (nSPS) is 12.5. The van der Waals surface area contributed by atoms with Crippen LogP contribution in [0.25, 0.3) is 0 Å². The van der Waals surface area contributed by atoms with Gasteiger partial charge in [-0.25, -0.2) is 0 Å². The molecule has 1 rings (SSSR count). The van der Waals surface area contributed by atoms with E-state index in [9.17, 15) is 5.11 Å². The number of nitrogens with zero attached hydrogens (tertiary/aromatic N) is 2. The number of aliphatic hydroxyl groups excluding tert-OH is 1. The van der Waals surface area contributed by atoms with Gasteiger partial charge in [0.15, 0.2) is 0 Å². The number of pyridine rings is 1. The first-order valence-electron chi connectivity index (χ1n) is 5.47. The molecule has 0 aliphatic heterocycles. The van der Waals surface area contributed by atoms with Crippen LogP contribution < -0.4 is 4.90 Å². The Morgan fingerprint density at radius 2 is 2.27 bits per heavy atom. The number of hydrogen-bond donors (Lipinski definition) is 1. The van der Waals surface area contributed by atoms with Crippen LogP contribution >= 0.6 is 0 Å². The molecule has 1 atom stereocenters. The van der Waals surface area contributed by atoms with Crippen molar-refractivity contribution >= 4 is 5.69 Å². The molecule has 1 N–H and O–H groups in total. The minimum atomic E-state index is 0.0705. The second-order valence-corrected chi connectivity index (χ2v) is 3.91. The molecule has 3 nitrogen and oxygen atoms in total. The summed E-state index contributed by atoms with van der Waals surface area (Å²) in [6.07, 6.45) is 5.85. The van der Waals surface area contributed by atoms with Crippen molar-refractivity contribution in [1.82, 2.24) is 4.98 Å². The molecule has 0 aliphatic rings. The highest BCUT2D eigenvalue weighted by molar-refractivity contribution is 5.51. The topological polar surface area (TPSA) is 36.4 Å². The quantitative estimate of drug-likeness (QED) is 0.806. The number of aliphatic hydroxyl groups is 1.